The predicted molar refractivity (Wildman–Crippen MR) is 76.6 cm³/mol. The number of aromatic carboxylic acids is 1. The van der Waals surface area contributed by atoms with Crippen molar-refractivity contribution >= 4 is 11.7 Å². The Morgan fingerprint density at radius 1 is 1.20 bits per heavy atom. The number of anilines is 1. The van der Waals surface area contributed by atoms with Crippen molar-refractivity contribution in [2.24, 2.45) is 0 Å². The van der Waals surface area contributed by atoms with E-state index in [4.69, 9.17) is 5.11 Å². The van der Waals surface area contributed by atoms with Gasteiger partial charge in [0.25, 0.3) is 0 Å². The van der Waals surface area contributed by atoms with Crippen LogP contribution in [0.1, 0.15) is 21.5 Å². The number of carboxylic acids is 1. The van der Waals surface area contributed by atoms with Crippen molar-refractivity contribution in [3.8, 4) is 0 Å². The first-order valence-corrected chi connectivity index (χ1v) is 6.26. The predicted octanol–water partition coefficient (Wildman–Crippen LogP) is 3.47. The largest absolute Gasteiger partial charge is 0.478 e. The van der Waals surface area contributed by atoms with Crippen LogP contribution in [0.25, 0.3) is 0 Å². The summed E-state index contributed by atoms with van der Waals surface area (Å²) in [5.74, 6) is -1.65. The summed E-state index contributed by atoms with van der Waals surface area (Å²) in [5, 5.41) is 8.94. The molecule has 0 atom stereocenters. The Morgan fingerprint density at radius 3 is 2.45 bits per heavy atom. The maximum absolute atomic E-state index is 13.4. The quantitative estimate of drug-likeness (QED) is 0.927. The molecular weight excluding hydrogens is 257 g/mol. The second kappa shape index (κ2) is 5.74. The second-order valence-corrected chi connectivity index (χ2v) is 4.84. The fourth-order valence-corrected chi connectivity index (χ4v) is 2.03. The molecule has 3 nitrogen and oxygen atoms in total. The number of carbonyl (C=O) groups is 1. The molecule has 0 unspecified atom stereocenters. The van der Waals surface area contributed by atoms with Gasteiger partial charge >= 0.3 is 5.97 Å². The van der Waals surface area contributed by atoms with Crippen LogP contribution in [-0.2, 0) is 6.54 Å². The van der Waals surface area contributed by atoms with Crippen molar-refractivity contribution in [1.29, 1.82) is 0 Å². The van der Waals surface area contributed by atoms with E-state index in [0.717, 1.165) is 11.8 Å². The van der Waals surface area contributed by atoms with Crippen LogP contribution >= 0.6 is 0 Å². The molecule has 20 heavy (non-hydrogen) atoms. The van der Waals surface area contributed by atoms with E-state index in [-0.39, 0.29) is 5.56 Å². The molecule has 0 aliphatic heterocycles. The molecule has 0 fully saturated rings. The minimum Gasteiger partial charge on any atom is -0.478 e. The molecule has 0 amide bonds. The average molecular weight is 273 g/mol. The highest BCUT2D eigenvalue weighted by Crippen LogP contribution is 2.17. The zero-order valence-corrected chi connectivity index (χ0v) is 11.4. The van der Waals surface area contributed by atoms with Crippen molar-refractivity contribution in [1.82, 2.24) is 0 Å². The van der Waals surface area contributed by atoms with E-state index < -0.39 is 11.8 Å². The highest BCUT2D eigenvalue weighted by molar-refractivity contribution is 5.87. The molecule has 1 N–H and O–H groups in total. The Morgan fingerprint density at radius 2 is 1.85 bits per heavy atom. The molecule has 0 aliphatic carbocycles. The van der Waals surface area contributed by atoms with Crippen LogP contribution in [-0.4, -0.2) is 18.1 Å². The van der Waals surface area contributed by atoms with Crippen molar-refractivity contribution in [3.05, 3.63) is 65.0 Å². The first-order chi connectivity index (χ1) is 9.45. The van der Waals surface area contributed by atoms with Gasteiger partial charge in [-0.05, 0) is 42.8 Å². The van der Waals surface area contributed by atoms with E-state index in [1.54, 1.807) is 0 Å². The summed E-state index contributed by atoms with van der Waals surface area (Å²) in [5.41, 5.74) is 2.76. The van der Waals surface area contributed by atoms with Crippen molar-refractivity contribution in [3.63, 3.8) is 0 Å². The van der Waals surface area contributed by atoms with Crippen LogP contribution < -0.4 is 4.90 Å². The Bertz CT molecular complexity index is 623. The number of nitrogens with zero attached hydrogens (tertiary/aromatic N) is 1. The third-order valence-corrected chi connectivity index (χ3v) is 3.10. The van der Waals surface area contributed by atoms with E-state index in [1.165, 1.54) is 17.7 Å². The molecule has 0 bridgehead atoms. The second-order valence-electron chi connectivity index (χ2n) is 4.84. The summed E-state index contributed by atoms with van der Waals surface area (Å²) >= 11 is 0. The topological polar surface area (TPSA) is 40.5 Å². The minimum absolute atomic E-state index is 0.0303. The van der Waals surface area contributed by atoms with Gasteiger partial charge in [-0.15, -0.1) is 0 Å². The molecular formula is C16H16FNO2. The molecule has 0 saturated heterocycles. The summed E-state index contributed by atoms with van der Waals surface area (Å²) in [6.07, 6.45) is 0. The maximum atomic E-state index is 13.4. The van der Waals surface area contributed by atoms with Crippen LogP contribution in [0.4, 0.5) is 10.1 Å². The van der Waals surface area contributed by atoms with Gasteiger partial charge in [0.05, 0.1) is 5.56 Å². The Balaban J connectivity index is 2.21. The third-order valence-electron chi connectivity index (χ3n) is 3.10. The number of halogens is 1. The van der Waals surface area contributed by atoms with Gasteiger partial charge in [-0.3, -0.25) is 0 Å². The number of carboxylic acid groups (broad SMARTS) is 1. The minimum atomic E-state index is -1.12. The number of rotatable bonds is 4. The molecule has 2 aromatic rings. The Kier molecular flexibility index (Phi) is 4.03. The lowest BCUT2D eigenvalue weighted by Gasteiger charge is -2.20. The van der Waals surface area contributed by atoms with Gasteiger partial charge in [-0.25, -0.2) is 9.18 Å². The monoisotopic (exact) mass is 273 g/mol. The molecule has 0 heterocycles. The normalized spacial score (nSPS) is 10.3. The van der Waals surface area contributed by atoms with E-state index in [1.807, 2.05) is 43.1 Å². The van der Waals surface area contributed by atoms with E-state index >= 15 is 0 Å². The molecule has 0 saturated carbocycles. The van der Waals surface area contributed by atoms with Crippen molar-refractivity contribution in [2.45, 2.75) is 13.5 Å². The van der Waals surface area contributed by atoms with Gasteiger partial charge in [0.15, 0.2) is 0 Å². The SMILES string of the molecule is Cc1ccc(N(C)Cc2cc(F)cc(C(=O)O)c2)cc1. The molecule has 104 valence electrons. The van der Waals surface area contributed by atoms with Gasteiger partial charge in [-0.1, -0.05) is 17.7 Å². The van der Waals surface area contributed by atoms with Gasteiger partial charge < -0.3 is 10.0 Å². The standard InChI is InChI=1S/C16H16FNO2/c1-11-3-5-15(6-4-11)18(2)10-12-7-13(16(19)20)9-14(17)8-12/h3-9H,10H2,1-2H3,(H,19,20). The van der Waals surface area contributed by atoms with E-state index in [9.17, 15) is 9.18 Å². The summed E-state index contributed by atoms with van der Waals surface area (Å²) in [7, 11) is 1.88. The maximum Gasteiger partial charge on any atom is 0.335 e. The zero-order chi connectivity index (χ0) is 14.7. The molecule has 0 aromatic heterocycles. The number of hydrogen-bond donors (Lipinski definition) is 1. The van der Waals surface area contributed by atoms with Gasteiger partial charge in [0.2, 0.25) is 0 Å². The zero-order valence-electron chi connectivity index (χ0n) is 11.4. The fraction of sp³-hybridized carbons (Fsp3) is 0.188. The summed E-state index contributed by atoms with van der Waals surface area (Å²) in [6, 6.07) is 11.8. The van der Waals surface area contributed by atoms with Crippen molar-refractivity contribution in [2.75, 3.05) is 11.9 Å². The number of benzene rings is 2. The molecule has 0 radical (unpaired) electrons. The summed E-state index contributed by atoms with van der Waals surface area (Å²) in [6.45, 7) is 2.45. The van der Waals surface area contributed by atoms with Gasteiger partial charge in [0, 0.05) is 19.3 Å². The van der Waals surface area contributed by atoms with Crippen molar-refractivity contribution < 1.29 is 14.3 Å². The van der Waals surface area contributed by atoms with E-state index in [0.29, 0.717) is 12.1 Å². The smallest absolute Gasteiger partial charge is 0.335 e. The lowest BCUT2D eigenvalue weighted by molar-refractivity contribution is 0.0696. The van der Waals surface area contributed by atoms with Gasteiger partial charge in [0.1, 0.15) is 5.82 Å². The first kappa shape index (κ1) is 14.1. The number of aryl methyl sites for hydroxylation is 1. The van der Waals surface area contributed by atoms with Crippen LogP contribution in [0.3, 0.4) is 0 Å². The first-order valence-electron chi connectivity index (χ1n) is 6.26. The lowest BCUT2D eigenvalue weighted by atomic mass is 10.1. The van der Waals surface area contributed by atoms with Gasteiger partial charge in [-0.2, -0.15) is 0 Å². The van der Waals surface area contributed by atoms with Crippen LogP contribution in [0.5, 0.6) is 0 Å². The number of hydrogen-bond acceptors (Lipinski definition) is 2. The molecule has 2 aromatic carbocycles. The molecule has 4 heteroatoms. The Labute approximate surface area is 117 Å². The molecule has 0 spiro atoms. The molecule has 0 aliphatic rings. The molecule has 2 rings (SSSR count). The average Bonchev–Trinajstić information content (AvgIpc) is 2.38. The van der Waals surface area contributed by atoms with Crippen LogP contribution in [0.2, 0.25) is 0 Å². The lowest BCUT2D eigenvalue weighted by Crippen LogP contribution is -2.16. The fourth-order valence-electron chi connectivity index (χ4n) is 2.03. The third kappa shape index (κ3) is 3.35. The van der Waals surface area contributed by atoms with E-state index in [2.05, 4.69) is 0 Å². The Hall–Kier alpha value is -2.36. The summed E-state index contributed by atoms with van der Waals surface area (Å²) < 4.78 is 13.4. The highest BCUT2D eigenvalue weighted by Gasteiger charge is 2.09. The summed E-state index contributed by atoms with van der Waals surface area (Å²) in [4.78, 5) is 12.9. The van der Waals surface area contributed by atoms with Crippen LogP contribution in [0, 0.1) is 12.7 Å². The highest BCUT2D eigenvalue weighted by atomic mass is 19.1. The van der Waals surface area contributed by atoms with Crippen LogP contribution in [0.15, 0.2) is 42.5 Å².